The van der Waals surface area contributed by atoms with Crippen LogP contribution in [0.3, 0.4) is 0 Å². The Kier molecular flexibility index (Phi) is 4.49. The lowest BCUT2D eigenvalue weighted by molar-refractivity contribution is -0.0538. The zero-order valence-electron chi connectivity index (χ0n) is 10.1. The van der Waals surface area contributed by atoms with Crippen LogP contribution >= 0.6 is 0 Å². The average molecular weight is 200 g/mol. The minimum absolute atomic E-state index is 0.444. The SMILES string of the molecule is BCC(C)(C)OC(=O)OC(C)(C)CC. The summed E-state index contributed by atoms with van der Waals surface area (Å²) in [6.45, 7) is 9.44. The van der Waals surface area contributed by atoms with E-state index in [0.29, 0.717) is 0 Å². The second-order valence-electron chi connectivity index (χ2n) is 4.68. The van der Waals surface area contributed by atoms with Crippen molar-refractivity contribution in [1.82, 2.24) is 0 Å². The van der Waals surface area contributed by atoms with Crippen LogP contribution in [0.2, 0.25) is 6.32 Å². The van der Waals surface area contributed by atoms with E-state index in [2.05, 4.69) is 0 Å². The molecule has 14 heavy (non-hydrogen) atoms. The minimum atomic E-state index is -0.580. The van der Waals surface area contributed by atoms with Gasteiger partial charge in [-0.2, -0.15) is 0 Å². The maximum Gasteiger partial charge on any atom is 0.509 e. The summed E-state index contributed by atoms with van der Waals surface area (Å²) in [6.07, 6.45) is 0.965. The highest BCUT2D eigenvalue weighted by molar-refractivity contribution is 6.09. The van der Waals surface area contributed by atoms with Gasteiger partial charge in [-0.1, -0.05) is 6.92 Å². The summed E-state index contributed by atoms with van der Waals surface area (Å²) in [5.74, 6) is 0. The van der Waals surface area contributed by atoms with Crippen LogP contribution in [0.25, 0.3) is 0 Å². The van der Waals surface area contributed by atoms with Crippen molar-refractivity contribution in [2.75, 3.05) is 0 Å². The molecule has 0 radical (unpaired) electrons. The molecule has 0 atom stereocenters. The molecule has 0 rings (SSSR count). The monoisotopic (exact) mass is 200 g/mol. The Morgan fingerprint density at radius 1 is 1.14 bits per heavy atom. The Balaban J connectivity index is 4.12. The Hall–Kier alpha value is -0.665. The van der Waals surface area contributed by atoms with Gasteiger partial charge in [0.25, 0.3) is 0 Å². The predicted octanol–water partition coefficient (Wildman–Crippen LogP) is 2.16. The van der Waals surface area contributed by atoms with Crippen LogP contribution in [0, 0.1) is 0 Å². The first-order valence-corrected chi connectivity index (χ1v) is 5.14. The smallest absolute Gasteiger partial charge is 0.429 e. The molecule has 3 nitrogen and oxygen atoms in total. The number of ether oxygens (including phenoxy) is 2. The first-order valence-electron chi connectivity index (χ1n) is 5.14. The highest BCUT2D eigenvalue weighted by Gasteiger charge is 2.26. The second-order valence-corrected chi connectivity index (χ2v) is 4.68. The molecule has 82 valence electrons. The van der Waals surface area contributed by atoms with E-state index >= 15 is 0 Å². The van der Waals surface area contributed by atoms with Crippen LogP contribution < -0.4 is 0 Å². The third-order valence-electron chi connectivity index (χ3n) is 2.42. The predicted molar refractivity (Wildman–Crippen MR) is 59.4 cm³/mol. The van der Waals surface area contributed by atoms with E-state index in [-0.39, 0.29) is 0 Å². The highest BCUT2D eigenvalue weighted by atomic mass is 16.7. The molecule has 0 aliphatic carbocycles. The van der Waals surface area contributed by atoms with E-state index in [1.54, 1.807) is 0 Å². The molecule has 0 heterocycles. The van der Waals surface area contributed by atoms with Gasteiger partial charge in [-0.05, 0) is 40.4 Å². The summed E-state index contributed by atoms with van der Waals surface area (Å²) in [6, 6.07) is 0. The lowest BCUT2D eigenvalue weighted by Crippen LogP contribution is -2.33. The van der Waals surface area contributed by atoms with E-state index in [9.17, 15) is 4.79 Å². The van der Waals surface area contributed by atoms with E-state index < -0.39 is 17.4 Å². The summed E-state index contributed by atoms with van der Waals surface area (Å²) >= 11 is 0. The summed E-state index contributed by atoms with van der Waals surface area (Å²) in [5.41, 5.74) is -0.887. The molecule has 0 spiro atoms. The van der Waals surface area contributed by atoms with Gasteiger partial charge in [-0.3, -0.25) is 0 Å². The molecule has 0 fully saturated rings. The van der Waals surface area contributed by atoms with Crippen molar-refractivity contribution in [1.29, 1.82) is 0 Å². The van der Waals surface area contributed by atoms with E-state index in [4.69, 9.17) is 9.47 Å². The van der Waals surface area contributed by atoms with Crippen LogP contribution in [0.15, 0.2) is 0 Å². The normalized spacial score (nSPS) is 12.4. The number of carbonyl (C=O) groups excluding carboxylic acids is 1. The summed E-state index contributed by atoms with van der Waals surface area (Å²) in [5, 5.41) is 0. The number of rotatable bonds is 4. The zero-order chi connectivity index (χ0) is 11.4. The Labute approximate surface area is 87.6 Å². The molecule has 0 aromatic rings. The van der Waals surface area contributed by atoms with Crippen LogP contribution in [0.1, 0.15) is 41.0 Å². The topological polar surface area (TPSA) is 35.5 Å². The van der Waals surface area contributed by atoms with Gasteiger partial charge in [0, 0.05) is 0 Å². The van der Waals surface area contributed by atoms with E-state index in [1.165, 1.54) is 0 Å². The maximum atomic E-state index is 11.3. The van der Waals surface area contributed by atoms with Crippen molar-refractivity contribution < 1.29 is 14.3 Å². The molecule has 0 aliphatic rings. The molecule has 4 heteroatoms. The maximum absolute atomic E-state index is 11.3. The molecule has 0 unspecified atom stereocenters. The molecule has 0 aliphatic heterocycles. The zero-order valence-corrected chi connectivity index (χ0v) is 10.1. The Bertz CT molecular complexity index is 180. The second kappa shape index (κ2) is 4.71. The lowest BCUT2D eigenvalue weighted by atomic mass is 9.90. The van der Waals surface area contributed by atoms with Crippen molar-refractivity contribution in [3.05, 3.63) is 0 Å². The number of hydrogen-bond acceptors (Lipinski definition) is 3. The van der Waals surface area contributed by atoms with Gasteiger partial charge < -0.3 is 9.47 Å². The van der Waals surface area contributed by atoms with Crippen molar-refractivity contribution in [3.8, 4) is 0 Å². The van der Waals surface area contributed by atoms with Gasteiger partial charge in [0.15, 0.2) is 0 Å². The fourth-order valence-electron chi connectivity index (χ4n) is 0.616. The quantitative estimate of drug-likeness (QED) is 0.515. The van der Waals surface area contributed by atoms with Crippen molar-refractivity contribution >= 4 is 14.0 Å². The van der Waals surface area contributed by atoms with Crippen LogP contribution in [-0.2, 0) is 9.47 Å². The number of carbonyl (C=O) groups is 1. The average Bonchev–Trinajstić information content (AvgIpc) is 2.02. The van der Waals surface area contributed by atoms with Gasteiger partial charge in [-0.25, -0.2) is 4.79 Å². The van der Waals surface area contributed by atoms with Crippen LogP contribution in [0.5, 0.6) is 0 Å². The molecule has 0 N–H and O–H groups in total. The third-order valence-corrected chi connectivity index (χ3v) is 2.42. The molecule has 0 aromatic heterocycles. The van der Waals surface area contributed by atoms with E-state index in [1.807, 2.05) is 42.5 Å². The Morgan fingerprint density at radius 3 is 1.93 bits per heavy atom. The van der Waals surface area contributed by atoms with Gasteiger partial charge >= 0.3 is 6.16 Å². The largest absolute Gasteiger partial charge is 0.509 e. The minimum Gasteiger partial charge on any atom is -0.429 e. The fourth-order valence-corrected chi connectivity index (χ4v) is 0.616. The molecule has 0 saturated heterocycles. The summed E-state index contributed by atoms with van der Waals surface area (Å²) in [4.78, 5) is 11.3. The van der Waals surface area contributed by atoms with Gasteiger partial charge in [-0.15, -0.1) is 0 Å². The highest BCUT2D eigenvalue weighted by Crippen LogP contribution is 2.19. The fraction of sp³-hybridized carbons (Fsp3) is 0.900. The molecule has 0 saturated carbocycles. The van der Waals surface area contributed by atoms with Crippen molar-refractivity contribution in [2.45, 2.75) is 58.6 Å². The summed E-state index contributed by atoms with van der Waals surface area (Å²) in [7, 11) is 1.97. The molecular weight excluding hydrogens is 179 g/mol. The Morgan fingerprint density at radius 2 is 1.57 bits per heavy atom. The number of hydrogen-bond donors (Lipinski definition) is 0. The standard InChI is InChI=1S/C10H21BO3/c1-6-9(2,3)13-8(12)14-10(4,5)7-11/h6-7,11H2,1-5H3. The van der Waals surface area contributed by atoms with Gasteiger partial charge in [0.05, 0.1) is 0 Å². The van der Waals surface area contributed by atoms with Crippen LogP contribution in [-0.4, -0.2) is 25.2 Å². The van der Waals surface area contributed by atoms with E-state index in [0.717, 1.165) is 12.7 Å². The molecule has 0 amide bonds. The molecule has 0 bridgehead atoms. The van der Waals surface area contributed by atoms with Crippen LogP contribution in [0.4, 0.5) is 4.79 Å². The van der Waals surface area contributed by atoms with Gasteiger partial charge in [0.1, 0.15) is 19.0 Å². The summed E-state index contributed by atoms with van der Waals surface area (Å²) < 4.78 is 10.3. The van der Waals surface area contributed by atoms with Crippen molar-refractivity contribution in [2.24, 2.45) is 0 Å². The first-order chi connectivity index (χ1) is 6.22. The first kappa shape index (κ1) is 13.3. The van der Waals surface area contributed by atoms with Gasteiger partial charge in [0.2, 0.25) is 0 Å². The third kappa shape index (κ3) is 5.15. The molecule has 0 aromatic carbocycles. The lowest BCUT2D eigenvalue weighted by Gasteiger charge is -2.27. The molecular formula is C10H21BO3. The van der Waals surface area contributed by atoms with Crippen molar-refractivity contribution in [3.63, 3.8) is 0 Å².